The molecule has 1 aliphatic carbocycles. The van der Waals surface area contributed by atoms with Crippen LogP contribution in [0.5, 0.6) is 0 Å². The van der Waals surface area contributed by atoms with Gasteiger partial charge in [0.2, 0.25) is 5.78 Å². The average molecular weight is 306 g/mol. The molecule has 1 aliphatic rings. The van der Waals surface area contributed by atoms with E-state index in [0.717, 1.165) is 18.5 Å². The monoisotopic (exact) mass is 305 g/mol. The lowest BCUT2D eigenvalue weighted by atomic mass is 9.94. The Labute approximate surface area is 113 Å². The van der Waals surface area contributed by atoms with E-state index < -0.39 is 0 Å². The molecule has 0 saturated heterocycles. The molecule has 3 nitrogen and oxygen atoms in total. The fourth-order valence-electron chi connectivity index (χ4n) is 2.29. The Bertz CT molecular complexity index is 604. The van der Waals surface area contributed by atoms with E-state index >= 15 is 0 Å². The van der Waals surface area contributed by atoms with Gasteiger partial charge in [-0.05, 0) is 65.4 Å². The Morgan fingerprint density at radius 3 is 2.89 bits per heavy atom. The second-order valence-corrected chi connectivity index (χ2v) is 5.25. The third-order valence-corrected chi connectivity index (χ3v) is 3.65. The molecular formula is C14H12BrNO2. The van der Waals surface area contributed by atoms with Crippen LogP contribution >= 0.6 is 15.9 Å². The summed E-state index contributed by atoms with van der Waals surface area (Å²) in [5, 5.41) is 0. The number of hydrogen-bond acceptors (Lipinski definition) is 3. The number of carbonyl (C=O) groups is 1. The van der Waals surface area contributed by atoms with Crippen LogP contribution in [0.1, 0.15) is 40.2 Å². The molecule has 4 heteroatoms. The number of nitrogens with zero attached hydrogens (tertiary/aromatic N) is 1. The normalized spacial score (nSPS) is 14.3. The Balaban J connectivity index is 1.95. The largest absolute Gasteiger partial charge is 0.446 e. The molecule has 2 heterocycles. The van der Waals surface area contributed by atoms with Crippen LogP contribution in [0.4, 0.5) is 0 Å². The SMILES string of the molecule is O=C(c1cnc2c(c1)CCCC2)c1ccc(Br)o1. The van der Waals surface area contributed by atoms with E-state index in [0.29, 0.717) is 16.0 Å². The number of fused-ring (bicyclic) bond motifs is 1. The Hall–Kier alpha value is -1.42. The van der Waals surface area contributed by atoms with Crippen LogP contribution in [0.3, 0.4) is 0 Å². The second kappa shape index (κ2) is 4.69. The first-order valence-corrected chi connectivity index (χ1v) is 6.81. The topological polar surface area (TPSA) is 43.1 Å². The summed E-state index contributed by atoms with van der Waals surface area (Å²) in [4.78, 5) is 16.6. The van der Waals surface area contributed by atoms with Crippen LogP contribution in [-0.2, 0) is 12.8 Å². The standard InChI is InChI=1S/C14H12BrNO2/c15-13-6-5-12(18-13)14(17)10-7-9-3-1-2-4-11(9)16-8-10/h5-8H,1-4H2. The van der Waals surface area contributed by atoms with E-state index in [4.69, 9.17) is 4.42 Å². The first-order valence-electron chi connectivity index (χ1n) is 6.02. The highest BCUT2D eigenvalue weighted by molar-refractivity contribution is 9.10. The number of ketones is 1. The number of aryl methyl sites for hydroxylation is 2. The zero-order valence-electron chi connectivity index (χ0n) is 9.78. The van der Waals surface area contributed by atoms with Gasteiger partial charge in [-0.25, -0.2) is 0 Å². The van der Waals surface area contributed by atoms with Crippen LogP contribution in [0.25, 0.3) is 0 Å². The van der Waals surface area contributed by atoms with Crippen LogP contribution in [0, 0.1) is 0 Å². The first-order chi connectivity index (χ1) is 8.74. The summed E-state index contributed by atoms with van der Waals surface area (Å²) >= 11 is 3.20. The van der Waals surface area contributed by atoms with Crippen molar-refractivity contribution in [2.75, 3.05) is 0 Å². The summed E-state index contributed by atoms with van der Waals surface area (Å²) in [5.74, 6) is 0.237. The van der Waals surface area contributed by atoms with E-state index in [9.17, 15) is 4.79 Å². The van der Waals surface area contributed by atoms with Crippen molar-refractivity contribution >= 4 is 21.7 Å². The van der Waals surface area contributed by atoms with Gasteiger partial charge >= 0.3 is 0 Å². The number of carbonyl (C=O) groups excluding carboxylic acids is 1. The van der Waals surface area contributed by atoms with Crippen molar-refractivity contribution < 1.29 is 9.21 Å². The van der Waals surface area contributed by atoms with Gasteiger partial charge < -0.3 is 4.42 Å². The summed E-state index contributed by atoms with van der Waals surface area (Å²) in [7, 11) is 0. The average Bonchev–Trinajstić information content (AvgIpc) is 2.84. The molecule has 0 radical (unpaired) electrons. The lowest BCUT2D eigenvalue weighted by Gasteiger charge is -2.14. The van der Waals surface area contributed by atoms with Gasteiger partial charge in [0, 0.05) is 17.5 Å². The maximum atomic E-state index is 12.2. The zero-order chi connectivity index (χ0) is 12.5. The highest BCUT2D eigenvalue weighted by atomic mass is 79.9. The van der Waals surface area contributed by atoms with Gasteiger partial charge in [-0.1, -0.05) is 0 Å². The summed E-state index contributed by atoms with van der Waals surface area (Å²) in [6, 6.07) is 5.35. The van der Waals surface area contributed by atoms with Gasteiger partial charge in [0.1, 0.15) is 0 Å². The Morgan fingerprint density at radius 2 is 2.11 bits per heavy atom. The highest BCUT2D eigenvalue weighted by Gasteiger charge is 2.17. The van der Waals surface area contributed by atoms with Crippen molar-refractivity contribution in [2.45, 2.75) is 25.7 Å². The van der Waals surface area contributed by atoms with Crippen LogP contribution < -0.4 is 0 Å². The molecule has 0 saturated carbocycles. The van der Waals surface area contributed by atoms with Crippen molar-refractivity contribution in [3.8, 4) is 0 Å². The Morgan fingerprint density at radius 1 is 1.28 bits per heavy atom. The third kappa shape index (κ3) is 2.12. The van der Waals surface area contributed by atoms with Crippen LogP contribution in [-0.4, -0.2) is 10.8 Å². The predicted octanol–water partition coefficient (Wildman–Crippen LogP) is 3.55. The van der Waals surface area contributed by atoms with Crippen LogP contribution in [0.15, 0.2) is 33.5 Å². The van der Waals surface area contributed by atoms with Gasteiger partial charge in [0.05, 0.1) is 0 Å². The molecule has 0 N–H and O–H groups in total. The third-order valence-electron chi connectivity index (χ3n) is 3.23. The van der Waals surface area contributed by atoms with Gasteiger partial charge in [0.15, 0.2) is 10.4 Å². The minimum Gasteiger partial charge on any atom is -0.446 e. The molecule has 0 bridgehead atoms. The van der Waals surface area contributed by atoms with Gasteiger partial charge in [-0.2, -0.15) is 0 Å². The van der Waals surface area contributed by atoms with Gasteiger partial charge in [-0.15, -0.1) is 0 Å². The molecule has 2 aromatic heterocycles. The lowest BCUT2D eigenvalue weighted by molar-refractivity contribution is 0.101. The minimum absolute atomic E-state index is 0.110. The molecular weight excluding hydrogens is 294 g/mol. The van der Waals surface area contributed by atoms with Gasteiger partial charge in [-0.3, -0.25) is 9.78 Å². The number of pyridine rings is 1. The van der Waals surface area contributed by atoms with E-state index in [1.807, 2.05) is 6.07 Å². The summed E-state index contributed by atoms with van der Waals surface area (Å²) in [6.07, 6.45) is 6.07. The van der Waals surface area contributed by atoms with Crippen molar-refractivity contribution in [1.82, 2.24) is 4.98 Å². The molecule has 0 unspecified atom stereocenters. The van der Waals surface area contributed by atoms with Crippen molar-refractivity contribution in [3.63, 3.8) is 0 Å². The Kier molecular flexibility index (Phi) is 3.04. The maximum absolute atomic E-state index is 12.2. The second-order valence-electron chi connectivity index (χ2n) is 4.47. The number of furan rings is 1. The van der Waals surface area contributed by atoms with Crippen molar-refractivity contribution in [2.24, 2.45) is 0 Å². The number of rotatable bonds is 2. The molecule has 0 aromatic carbocycles. The first kappa shape index (κ1) is 11.7. The number of aromatic nitrogens is 1. The molecule has 0 fully saturated rings. The highest BCUT2D eigenvalue weighted by Crippen LogP contribution is 2.22. The zero-order valence-corrected chi connectivity index (χ0v) is 11.4. The van der Waals surface area contributed by atoms with E-state index in [2.05, 4.69) is 20.9 Å². The molecule has 2 aromatic rings. The molecule has 92 valence electrons. The predicted molar refractivity (Wildman–Crippen MR) is 70.7 cm³/mol. The van der Waals surface area contributed by atoms with Crippen molar-refractivity contribution in [1.29, 1.82) is 0 Å². The fraction of sp³-hybridized carbons (Fsp3) is 0.286. The molecule has 0 amide bonds. The van der Waals surface area contributed by atoms with Crippen LogP contribution in [0.2, 0.25) is 0 Å². The maximum Gasteiger partial charge on any atom is 0.229 e. The number of hydrogen-bond donors (Lipinski definition) is 0. The van der Waals surface area contributed by atoms with Gasteiger partial charge in [0.25, 0.3) is 0 Å². The fourth-order valence-corrected chi connectivity index (χ4v) is 2.60. The molecule has 0 spiro atoms. The molecule has 18 heavy (non-hydrogen) atoms. The minimum atomic E-state index is -0.110. The summed E-state index contributed by atoms with van der Waals surface area (Å²) < 4.78 is 5.85. The lowest BCUT2D eigenvalue weighted by Crippen LogP contribution is -2.09. The summed E-state index contributed by atoms with van der Waals surface area (Å²) in [5.41, 5.74) is 2.95. The quantitative estimate of drug-likeness (QED) is 0.797. The van der Waals surface area contributed by atoms with E-state index in [-0.39, 0.29) is 5.78 Å². The molecule has 3 rings (SSSR count). The van der Waals surface area contributed by atoms with Crippen molar-refractivity contribution in [3.05, 3.63) is 51.6 Å². The number of halogens is 1. The smallest absolute Gasteiger partial charge is 0.229 e. The summed E-state index contributed by atoms with van der Waals surface area (Å²) in [6.45, 7) is 0. The van der Waals surface area contributed by atoms with E-state index in [1.165, 1.54) is 18.4 Å². The molecule has 0 aliphatic heterocycles. The van der Waals surface area contributed by atoms with E-state index in [1.54, 1.807) is 18.3 Å². The molecule has 0 atom stereocenters.